The van der Waals surface area contributed by atoms with E-state index in [0.29, 0.717) is 25.2 Å². The van der Waals surface area contributed by atoms with Crippen molar-refractivity contribution in [3.8, 4) is 5.75 Å². The second kappa shape index (κ2) is 11.5. The Morgan fingerprint density at radius 2 is 1.69 bits per heavy atom. The highest BCUT2D eigenvalue weighted by atomic mass is 16.5. The van der Waals surface area contributed by atoms with Gasteiger partial charge in [-0.3, -0.25) is 0 Å². The highest BCUT2D eigenvalue weighted by Crippen LogP contribution is 2.14. The lowest BCUT2D eigenvalue weighted by Crippen LogP contribution is -2.42. The van der Waals surface area contributed by atoms with E-state index in [9.17, 15) is 19.5 Å². The van der Waals surface area contributed by atoms with Gasteiger partial charge in [-0.1, -0.05) is 42.5 Å². The molecule has 0 aliphatic heterocycles. The predicted octanol–water partition coefficient (Wildman–Crippen LogP) is 3.36. The fraction of sp³-hybridized carbons (Fsp3) is 0.318. The molecular weight excluding hydrogens is 374 g/mol. The van der Waals surface area contributed by atoms with E-state index in [0.717, 1.165) is 11.1 Å². The fourth-order valence-electron chi connectivity index (χ4n) is 2.58. The number of aliphatic carboxylic acids is 1. The molecule has 0 spiro atoms. The minimum absolute atomic E-state index is 0.0642. The van der Waals surface area contributed by atoms with Crippen LogP contribution < -0.4 is 10.1 Å². The molecule has 154 valence electrons. The van der Waals surface area contributed by atoms with Crippen LogP contribution in [-0.4, -0.2) is 35.6 Å². The first-order chi connectivity index (χ1) is 13.9. The van der Waals surface area contributed by atoms with E-state index in [-0.39, 0.29) is 18.8 Å². The smallest absolute Gasteiger partial charge is 0.408 e. The average Bonchev–Trinajstić information content (AvgIpc) is 2.71. The van der Waals surface area contributed by atoms with Crippen LogP contribution in [0.2, 0.25) is 0 Å². The van der Waals surface area contributed by atoms with Gasteiger partial charge in [-0.2, -0.15) is 0 Å². The molecule has 0 unspecified atom stereocenters. The monoisotopic (exact) mass is 399 g/mol. The lowest BCUT2D eigenvalue weighted by atomic mass is 10.1. The minimum Gasteiger partial charge on any atom is -0.494 e. The van der Waals surface area contributed by atoms with Crippen LogP contribution in [0.15, 0.2) is 54.6 Å². The number of amides is 1. The van der Waals surface area contributed by atoms with E-state index in [2.05, 4.69) is 5.32 Å². The van der Waals surface area contributed by atoms with Crippen molar-refractivity contribution in [3.05, 3.63) is 65.7 Å². The molecule has 2 aromatic carbocycles. The number of carboxylic acids is 1. The van der Waals surface area contributed by atoms with Gasteiger partial charge in [0.25, 0.3) is 0 Å². The number of alkyl carbamates (subject to hydrolysis) is 1. The van der Waals surface area contributed by atoms with Gasteiger partial charge in [-0.05, 0) is 36.6 Å². The Balaban J connectivity index is 1.82. The number of ether oxygens (including phenoxy) is 2. The predicted molar refractivity (Wildman–Crippen MR) is 107 cm³/mol. The lowest BCUT2D eigenvalue weighted by molar-refractivity contribution is -0.139. The van der Waals surface area contributed by atoms with Gasteiger partial charge in [0.1, 0.15) is 24.2 Å². The van der Waals surface area contributed by atoms with Crippen molar-refractivity contribution in [2.75, 3.05) is 6.61 Å². The zero-order chi connectivity index (χ0) is 21.1. The summed E-state index contributed by atoms with van der Waals surface area (Å²) in [4.78, 5) is 34.3. The van der Waals surface area contributed by atoms with Crippen molar-refractivity contribution in [1.82, 2.24) is 5.32 Å². The summed E-state index contributed by atoms with van der Waals surface area (Å²) >= 11 is 0. The van der Waals surface area contributed by atoms with Crippen LogP contribution in [0.1, 0.15) is 30.9 Å². The van der Waals surface area contributed by atoms with Crippen LogP contribution >= 0.6 is 0 Å². The highest BCUT2D eigenvalue weighted by molar-refractivity contribution is 5.80. The van der Waals surface area contributed by atoms with Crippen LogP contribution in [0.3, 0.4) is 0 Å². The molecule has 0 aliphatic rings. The topological polar surface area (TPSA) is 102 Å². The number of nitrogens with one attached hydrogen (secondary N) is 1. The van der Waals surface area contributed by atoms with Crippen LogP contribution in [0.25, 0.3) is 0 Å². The molecule has 2 N–H and O–H groups in total. The average molecular weight is 399 g/mol. The summed E-state index contributed by atoms with van der Waals surface area (Å²) in [6, 6.07) is 15.0. The number of hydrogen-bond donors (Lipinski definition) is 2. The maximum Gasteiger partial charge on any atom is 0.408 e. The van der Waals surface area contributed by atoms with Gasteiger partial charge < -0.3 is 24.7 Å². The second-order valence-corrected chi connectivity index (χ2v) is 6.60. The number of benzene rings is 2. The second-order valence-electron chi connectivity index (χ2n) is 6.60. The fourth-order valence-corrected chi connectivity index (χ4v) is 2.58. The molecule has 2 rings (SSSR count). The summed E-state index contributed by atoms with van der Waals surface area (Å²) in [5.74, 6) is -0.385. The highest BCUT2D eigenvalue weighted by Gasteiger charge is 2.21. The van der Waals surface area contributed by atoms with Crippen molar-refractivity contribution in [1.29, 1.82) is 0 Å². The van der Waals surface area contributed by atoms with Crippen molar-refractivity contribution in [2.45, 2.75) is 38.8 Å². The van der Waals surface area contributed by atoms with Crippen LogP contribution in [0.5, 0.6) is 5.75 Å². The Labute approximate surface area is 169 Å². The molecule has 0 bridgehead atoms. The molecular formula is C22H25NO6. The first kappa shape index (κ1) is 21.9. The number of carboxylic acid groups (broad SMARTS) is 1. The Kier molecular flexibility index (Phi) is 8.69. The summed E-state index contributed by atoms with van der Waals surface area (Å²) in [5.41, 5.74) is 1.55. The van der Waals surface area contributed by atoms with Gasteiger partial charge in [0.15, 0.2) is 0 Å². The summed E-state index contributed by atoms with van der Waals surface area (Å²) in [5, 5.41) is 11.8. The summed E-state index contributed by atoms with van der Waals surface area (Å²) in [6.07, 6.45) is 0.449. The van der Waals surface area contributed by atoms with Crippen LogP contribution in [0.4, 0.5) is 4.79 Å². The third-order valence-electron chi connectivity index (χ3n) is 4.11. The van der Waals surface area contributed by atoms with E-state index in [1.807, 2.05) is 30.3 Å². The number of Topliss-reactive ketones (excluding diaryl/α,β-unsaturated/α-hetero) is 1. The first-order valence-corrected chi connectivity index (χ1v) is 9.35. The molecule has 1 amide bonds. The van der Waals surface area contributed by atoms with Gasteiger partial charge in [0.05, 0.1) is 6.61 Å². The van der Waals surface area contributed by atoms with Crippen molar-refractivity contribution < 1.29 is 29.0 Å². The summed E-state index contributed by atoms with van der Waals surface area (Å²) < 4.78 is 10.6. The third kappa shape index (κ3) is 8.47. The number of carbonyl (C=O) groups excluding carboxylic acids is 2. The molecule has 1 atom stereocenters. The van der Waals surface area contributed by atoms with E-state index < -0.39 is 18.1 Å². The quantitative estimate of drug-likeness (QED) is 0.562. The molecule has 0 radical (unpaired) electrons. The van der Waals surface area contributed by atoms with Crippen molar-refractivity contribution >= 4 is 17.8 Å². The number of carbonyl (C=O) groups is 3. The Hall–Kier alpha value is -3.35. The molecule has 0 aliphatic carbocycles. The van der Waals surface area contributed by atoms with Crippen molar-refractivity contribution in [2.24, 2.45) is 0 Å². The van der Waals surface area contributed by atoms with E-state index in [1.54, 1.807) is 31.2 Å². The zero-order valence-electron chi connectivity index (χ0n) is 16.3. The molecule has 0 fully saturated rings. The number of rotatable bonds is 11. The van der Waals surface area contributed by atoms with E-state index >= 15 is 0 Å². The molecule has 2 aromatic rings. The first-order valence-electron chi connectivity index (χ1n) is 9.35. The molecule has 29 heavy (non-hydrogen) atoms. The molecule has 7 heteroatoms. The molecule has 0 saturated carbocycles. The zero-order valence-corrected chi connectivity index (χ0v) is 16.3. The molecule has 0 heterocycles. The van der Waals surface area contributed by atoms with E-state index in [4.69, 9.17) is 9.47 Å². The maximum atomic E-state index is 11.9. The summed E-state index contributed by atoms with van der Waals surface area (Å²) in [7, 11) is 0. The lowest BCUT2D eigenvalue weighted by Gasteiger charge is -2.15. The van der Waals surface area contributed by atoms with Gasteiger partial charge >= 0.3 is 12.1 Å². The molecule has 0 saturated heterocycles. The van der Waals surface area contributed by atoms with Gasteiger partial charge in [-0.15, -0.1) is 0 Å². The maximum absolute atomic E-state index is 11.9. The van der Waals surface area contributed by atoms with Gasteiger partial charge in [0, 0.05) is 12.8 Å². The normalized spacial score (nSPS) is 11.3. The minimum atomic E-state index is -1.15. The van der Waals surface area contributed by atoms with Gasteiger partial charge in [-0.25, -0.2) is 9.59 Å². The van der Waals surface area contributed by atoms with Gasteiger partial charge in [0.2, 0.25) is 0 Å². The molecule has 0 aromatic heterocycles. The van der Waals surface area contributed by atoms with E-state index in [1.165, 1.54) is 0 Å². The Morgan fingerprint density at radius 1 is 1.00 bits per heavy atom. The largest absolute Gasteiger partial charge is 0.494 e. The SMILES string of the molecule is CC(=O)CCCOc1ccc(C[C@H](NC(=O)OCc2ccccc2)C(=O)O)cc1. The Bertz CT molecular complexity index is 804. The summed E-state index contributed by atoms with van der Waals surface area (Å²) in [6.45, 7) is 2.04. The third-order valence-corrected chi connectivity index (χ3v) is 4.11. The standard InChI is InChI=1S/C22H25NO6/c1-16(24)6-5-13-28-19-11-9-17(10-12-19)14-20(21(25)26)23-22(27)29-15-18-7-3-2-4-8-18/h2-4,7-12,20H,5-6,13-15H2,1H3,(H,23,27)(H,25,26)/t20-/m0/s1. The number of hydrogen-bond acceptors (Lipinski definition) is 5. The van der Waals surface area contributed by atoms with Crippen LogP contribution in [-0.2, 0) is 27.4 Å². The van der Waals surface area contributed by atoms with Crippen molar-refractivity contribution in [3.63, 3.8) is 0 Å². The Morgan fingerprint density at radius 3 is 2.31 bits per heavy atom. The number of ketones is 1. The van der Waals surface area contributed by atoms with Crippen LogP contribution in [0, 0.1) is 0 Å². The molecule has 7 nitrogen and oxygen atoms in total.